The van der Waals surface area contributed by atoms with Crippen LogP contribution >= 0.6 is 34.3 Å². The summed E-state index contributed by atoms with van der Waals surface area (Å²) in [4.78, 5) is 4.97. The third kappa shape index (κ3) is 3.56. The standard InChI is InChI=1S/C13H17ClN2S2/c1-16(5-4-11-3-2-6-17-11)12(8-15)13-7-10(14)9-18-13/h2-3,6-7,9,12H,4-5,8,15H2,1H3. The average Bonchev–Trinajstić information content (AvgIpc) is 2.99. The summed E-state index contributed by atoms with van der Waals surface area (Å²) in [6.45, 7) is 1.63. The Morgan fingerprint density at radius 2 is 2.28 bits per heavy atom. The van der Waals surface area contributed by atoms with Crippen LogP contribution in [0.1, 0.15) is 15.8 Å². The smallest absolute Gasteiger partial charge is 0.0562 e. The number of nitrogens with two attached hydrogens (primary N) is 1. The minimum Gasteiger partial charge on any atom is -0.329 e. The van der Waals surface area contributed by atoms with Gasteiger partial charge in [0.05, 0.1) is 11.1 Å². The molecular formula is C13H17ClN2S2. The van der Waals surface area contributed by atoms with Gasteiger partial charge in [-0.05, 0) is 31.0 Å². The lowest BCUT2D eigenvalue weighted by molar-refractivity contribution is 0.257. The molecule has 0 saturated carbocycles. The molecule has 2 rings (SSSR count). The first kappa shape index (κ1) is 14.0. The van der Waals surface area contributed by atoms with Crippen molar-refractivity contribution in [1.29, 1.82) is 0 Å². The Balaban J connectivity index is 1.95. The number of thiophene rings is 2. The number of likely N-dealkylation sites (N-methyl/N-ethyl adjacent to an activating group) is 1. The number of hydrogen-bond donors (Lipinski definition) is 1. The quantitative estimate of drug-likeness (QED) is 0.882. The van der Waals surface area contributed by atoms with Gasteiger partial charge in [-0.15, -0.1) is 22.7 Å². The van der Waals surface area contributed by atoms with Crippen molar-refractivity contribution >= 4 is 34.3 Å². The molecule has 0 radical (unpaired) electrons. The fourth-order valence-corrected chi connectivity index (χ4v) is 3.87. The molecule has 1 atom stereocenters. The molecule has 0 aliphatic carbocycles. The summed E-state index contributed by atoms with van der Waals surface area (Å²) >= 11 is 9.47. The van der Waals surface area contributed by atoms with Crippen molar-refractivity contribution in [2.45, 2.75) is 12.5 Å². The zero-order valence-corrected chi connectivity index (χ0v) is 12.7. The van der Waals surface area contributed by atoms with E-state index in [0.29, 0.717) is 6.54 Å². The molecule has 0 aromatic carbocycles. The van der Waals surface area contributed by atoms with Crippen LogP contribution in [0.4, 0.5) is 0 Å². The van der Waals surface area contributed by atoms with Crippen LogP contribution in [0, 0.1) is 0 Å². The van der Waals surface area contributed by atoms with Gasteiger partial charge in [0.15, 0.2) is 0 Å². The lowest BCUT2D eigenvalue weighted by Gasteiger charge is -2.25. The maximum absolute atomic E-state index is 5.98. The van der Waals surface area contributed by atoms with Gasteiger partial charge in [-0.3, -0.25) is 4.90 Å². The van der Waals surface area contributed by atoms with Gasteiger partial charge in [0.2, 0.25) is 0 Å². The number of rotatable bonds is 6. The maximum atomic E-state index is 5.98. The van der Waals surface area contributed by atoms with E-state index in [-0.39, 0.29) is 6.04 Å². The molecule has 0 amide bonds. The Kier molecular flexibility index (Phi) is 5.21. The van der Waals surface area contributed by atoms with Gasteiger partial charge in [-0.25, -0.2) is 0 Å². The molecule has 0 fully saturated rings. The van der Waals surface area contributed by atoms with Crippen molar-refractivity contribution in [3.05, 3.63) is 43.7 Å². The molecule has 5 heteroatoms. The molecule has 2 nitrogen and oxygen atoms in total. The molecule has 2 N–H and O–H groups in total. The van der Waals surface area contributed by atoms with Crippen LogP contribution in [-0.2, 0) is 6.42 Å². The summed E-state index contributed by atoms with van der Waals surface area (Å²) in [5, 5.41) is 4.89. The number of nitrogens with zero attached hydrogens (tertiary/aromatic N) is 1. The minimum atomic E-state index is 0.266. The molecule has 2 heterocycles. The van der Waals surface area contributed by atoms with E-state index in [1.54, 1.807) is 11.3 Å². The molecule has 0 spiro atoms. The summed E-state index contributed by atoms with van der Waals surface area (Å²) in [5.41, 5.74) is 5.89. The van der Waals surface area contributed by atoms with Crippen molar-refractivity contribution in [1.82, 2.24) is 4.90 Å². The molecule has 2 aromatic rings. The summed E-state index contributed by atoms with van der Waals surface area (Å²) in [6, 6.07) is 6.56. The van der Waals surface area contributed by atoms with Gasteiger partial charge < -0.3 is 5.73 Å². The van der Waals surface area contributed by atoms with Crippen molar-refractivity contribution in [2.24, 2.45) is 5.73 Å². The van der Waals surface area contributed by atoms with E-state index in [1.807, 2.05) is 22.8 Å². The third-order valence-electron chi connectivity index (χ3n) is 2.96. The van der Waals surface area contributed by atoms with Crippen LogP contribution in [-0.4, -0.2) is 25.0 Å². The summed E-state index contributed by atoms with van der Waals surface area (Å²) in [7, 11) is 2.12. The Hall–Kier alpha value is -0.390. The van der Waals surface area contributed by atoms with Crippen molar-refractivity contribution < 1.29 is 0 Å². The Bertz CT molecular complexity index is 467. The van der Waals surface area contributed by atoms with Gasteiger partial charge in [0.1, 0.15) is 0 Å². The highest BCUT2D eigenvalue weighted by Crippen LogP contribution is 2.28. The Labute approximate surface area is 121 Å². The highest BCUT2D eigenvalue weighted by molar-refractivity contribution is 7.10. The van der Waals surface area contributed by atoms with Crippen LogP contribution < -0.4 is 5.73 Å². The molecule has 1 unspecified atom stereocenters. The van der Waals surface area contributed by atoms with Crippen LogP contribution in [0.3, 0.4) is 0 Å². The van der Waals surface area contributed by atoms with Crippen molar-refractivity contribution in [3.63, 3.8) is 0 Å². The van der Waals surface area contributed by atoms with Crippen molar-refractivity contribution in [3.8, 4) is 0 Å². The molecule has 0 aliphatic rings. The van der Waals surface area contributed by atoms with Gasteiger partial charge in [0, 0.05) is 28.2 Å². The van der Waals surface area contributed by atoms with E-state index in [1.165, 1.54) is 9.75 Å². The topological polar surface area (TPSA) is 29.3 Å². The SMILES string of the molecule is CN(CCc1cccs1)C(CN)c1cc(Cl)cs1. The Morgan fingerprint density at radius 3 is 2.83 bits per heavy atom. The first-order chi connectivity index (χ1) is 8.70. The van der Waals surface area contributed by atoms with E-state index >= 15 is 0 Å². The predicted octanol–water partition coefficient (Wildman–Crippen LogP) is 3.64. The molecule has 98 valence electrons. The third-order valence-corrected chi connectivity index (χ3v) is 5.28. The molecule has 2 aromatic heterocycles. The monoisotopic (exact) mass is 300 g/mol. The van der Waals surface area contributed by atoms with Crippen LogP contribution in [0.15, 0.2) is 29.0 Å². The van der Waals surface area contributed by atoms with E-state index in [0.717, 1.165) is 18.0 Å². The van der Waals surface area contributed by atoms with Gasteiger partial charge in [0.25, 0.3) is 0 Å². The number of hydrogen-bond acceptors (Lipinski definition) is 4. The number of halogens is 1. The second-order valence-electron chi connectivity index (χ2n) is 4.23. The summed E-state index contributed by atoms with van der Waals surface area (Å²) in [5.74, 6) is 0. The normalized spacial score (nSPS) is 13.1. The lowest BCUT2D eigenvalue weighted by Crippen LogP contribution is -2.31. The van der Waals surface area contributed by atoms with E-state index in [2.05, 4.69) is 29.5 Å². The van der Waals surface area contributed by atoms with Gasteiger partial charge in [-0.2, -0.15) is 0 Å². The molecule has 0 bridgehead atoms. The second-order valence-corrected chi connectivity index (χ2v) is 6.64. The fourth-order valence-electron chi connectivity index (χ4n) is 1.91. The van der Waals surface area contributed by atoms with Gasteiger partial charge >= 0.3 is 0 Å². The zero-order valence-electron chi connectivity index (χ0n) is 10.3. The largest absolute Gasteiger partial charge is 0.329 e. The van der Waals surface area contributed by atoms with Crippen LogP contribution in [0.5, 0.6) is 0 Å². The average molecular weight is 301 g/mol. The predicted molar refractivity (Wildman–Crippen MR) is 81.8 cm³/mol. The van der Waals surface area contributed by atoms with Crippen LogP contribution in [0.2, 0.25) is 5.02 Å². The van der Waals surface area contributed by atoms with Gasteiger partial charge in [-0.1, -0.05) is 17.7 Å². The second kappa shape index (κ2) is 6.68. The van der Waals surface area contributed by atoms with Crippen LogP contribution in [0.25, 0.3) is 0 Å². The summed E-state index contributed by atoms with van der Waals surface area (Å²) < 4.78 is 0. The highest BCUT2D eigenvalue weighted by Gasteiger charge is 2.17. The molecule has 18 heavy (non-hydrogen) atoms. The molecule has 0 aliphatic heterocycles. The first-order valence-electron chi connectivity index (χ1n) is 5.87. The maximum Gasteiger partial charge on any atom is 0.0562 e. The zero-order chi connectivity index (χ0) is 13.0. The fraction of sp³-hybridized carbons (Fsp3) is 0.385. The lowest BCUT2D eigenvalue weighted by atomic mass is 10.2. The highest BCUT2D eigenvalue weighted by atomic mass is 35.5. The van der Waals surface area contributed by atoms with E-state index in [9.17, 15) is 0 Å². The first-order valence-corrected chi connectivity index (χ1v) is 8.01. The van der Waals surface area contributed by atoms with E-state index in [4.69, 9.17) is 17.3 Å². The molecule has 0 saturated heterocycles. The minimum absolute atomic E-state index is 0.266. The van der Waals surface area contributed by atoms with E-state index < -0.39 is 0 Å². The molecular weight excluding hydrogens is 284 g/mol. The summed E-state index contributed by atoms with van der Waals surface area (Å²) in [6.07, 6.45) is 1.07. The van der Waals surface area contributed by atoms with Crippen molar-refractivity contribution in [2.75, 3.05) is 20.1 Å². The Morgan fingerprint density at radius 1 is 1.44 bits per heavy atom.